The maximum Gasteiger partial charge on any atom is 0.277 e. The molecule has 0 bridgehead atoms. The van der Waals surface area contributed by atoms with Crippen molar-refractivity contribution in [1.29, 1.82) is 0 Å². The first-order valence-corrected chi connectivity index (χ1v) is 7.32. The highest BCUT2D eigenvalue weighted by atomic mass is 35.5. The van der Waals surface area contributed by atoms with Gasteiger partial charge in [-0.15, -0.1) is 0 Å². The van der Waals surface area contributed by atoms with Crippen molar-refractivity contribution in [3.8, 4) is 0 Å². The Labute approximate surface area is 126 Å². The molecule has 7 heteroatoms. The van der Waals surface area contributed by atoms with Crippen LogP contribution in [-0.4, -0.2) is 39.3 Å². The van der Waals surface area contributed by atoms with Crippen LogP contribution in [0, 0.1) is 5.95 Å². The third kappa shape index (κ3) is 2.73. The number of halogens is 2. The summed E-state index contributed by atoms with van der Waals surface area (Å²) in [4.78, 5) is 18.2. The number of hydrogen-bond acceptors (Lipinski definition) is 3. The van der Waals surface area contributed by atoms with Gasteiger partial charge in [0.2, 0.25) is 5.95 Å². The number of hydrogen-bond donors (Lipinski definition) is 1. The molecule has 1 saturated heterocycles. The average Bonchev–Trinajstić information content (AvgIpc) is 2.64. The lowest BCUT2D eigenvalue weighted by atomic mass is 10.2. The maximum atomic E-state index is 14.4. The number of imidazole rings is 1. The standard InChI is InChI=1S/C14H16ClFN4O/c15-9-4-5-11-18-12(13(16)20(11)7-9)14(21)19-6-2-1-3-10(17)8-19/h4-5,7,10H,1-3,6,8,17H2/t10-/m1/s1. The van der Waals surface area contributed by atoms with E-state index in [1.807, 2.05) is 0 Å². The average molecular weight is 311 g/mol. The number of nitrogens with zero attached hydrogens (tertiary/aromatic N) is 3. The summed E-state index contributed by atoms with van der Waals surface area (Å²) in [6, 6.07) is 3.13. The van der Waals surface area contributed by atoms with Crippen LogP contribution in [0.4, 0.5) is 4.39 Å². The van der Waals surface area contributed by atoms with E-state index in [1.165, 1.54) is 10.6 Å². The first-order chi connectivity index (χ1) is 10.1. The molecule has 2 aromatic rings. The largest absolute Gasteiger partial charge is 0.336 e. The summed E-state index contributed by atoms with van der Waals surface area (Å²) in [5.74, 6) is -1.10. The molecule has 3 rings (SSSR count). The van der Waals surface area contributed by atoms with Crippen LogP contribution in [0.3, 0.4) is 0 Å². The van der Waals surface area contributed by atoms with E-state index in [1.54, 1.807) is 17.0 Å². The van der Waals surface area contributed by atoms with Crippen LogP contribution < -0.4 is 5.73 Å². The predicted molar refractivity (Wildman–Crippen MR) is 77.9 cm³/mol. The van der Waals surface area contributed by atoms with Crippen molar-refractivity contribution in [2.75, 3.05) is 13.1 Å². The zero-order valence-corrected chi connectivity index (χ0v) is 12.2. The Morgan fingerprint density at radius 3 is 3.05 bits per heavy atom. The van der Waals surface area contributed by atoms with E-state index in [9.17, 15) is 9.18 Å². The molecule has 1 atom stereocenters. The van der Waals surface area contributed by atoms with Crippen molar-refractivity contribution < 1.29 is 9.18 Å². The van der Waals surface area contributed by atoms with Gasteiger partial charge in [-0.1, -0.05) is 18.0 Å². The van der Waals surface area contributed by atoms with Crippen molar-refractivity contribution in [3.05, 3.63) is 35.0 Å². The van der Waals surface area contributed by atoms with E-state index in [2.05, 4.69) is 4.98 Å². The molecule has 2 N–H and O–H groups in total. The van der Waals surface area contributed by atoms with Gasteiger partial charge in [0, 0.05) is 25.3 Å². The van der Waals surface area contributed by atoms with Crippen molar-refractivity contribution in [1.82, 2.24) is 14.3 Å². The van der Waals surface area contributed by atoms with Gasteiger partial charge in [-0.05, 0) is 25.0 Å². The molecule has 2 aromatic heterocycles. The van der Waals surface area contributed by atoms with Gasteiger partial charge in [-0.25, -0.2) is 4.98 Å². The Kier molecular flexibility index (Phi) is 3.82. The monoisotopic (exact) mass is 310 g/mol. The Balaban J connectivity index is 1.95. The molecule has 5 nitrogen and oxygen atoms in total. The molecule has 0 aromatic carbocycles. The topological polar surface area (TPSA) is 63.6 Å². The van der Waals surface area contributed by atoms with Crippen molar-refractivity contribution >= 4 is 23.2 Å². The molecule has 1 amide bonds. The molecule has 1 aliphatic rings. The highest BCUT2D eigenvalue weighted by Crippen LogP contribution is 2.18. The third-order valence-electron chi connectivity index (χ3n) is 3.72. The predicted octanol–water partition coefficient (Wildman–Crippen LogP) is 2.08. The Hall–Kier alpha value is -1.66. The van der Waals surface area contributed by atoms with Gasteiger partial charge in [-0.2, -0.15) is 4.39 Å². The summed E-state index contributed by atoms with van der Waals surface area (Å²) in [7, 11) is 0. The minimum absolute atomic E-state index is 0.0639. The number of carbonyl (C=O) groups excluding carboxylic acids is 1. The fraction of sp³-hybridized carbons (Fsp3) is 0.429. The normalized spacial score (nSPS) is 19.8. The number of fused-ring (bicyclic) bond motifs is 1. The molecular formula is C14H16ClFN4O. The number of pyridine rings is 1. The lowest BCUT2D eigenvalue weighted by molar-refractivity contribution is 0.0744. The highest BCUT2D eigenvalue weighted by molar-refractivity contribution is 6.30. The molecule has 3 heterocycles. The molecular weight excluding hydrogens is 295 g/mol. The van der Waals surface area contributed by atoms with Crippen molar-refractivity contribution in [2.45, 2.75) is 25.3 Å². The van der Waals surface area contributed by atoms with Crippen LogP contribution in [-0.2, 0) is 0 Å². The summed E-state index contributed by atoms with van der Waals surface area (Å²) < 4.78 is 15.6. The van der Waals surface area contributed by atoms with Gasteiger partial charge in [0.25, 0.3) is 5.91 Å². The summed E-state index contributed by atoms with van der Waals surface area (Å²) >= 11 is 5.84. The molecule has 0 saturated carbocycles. The van der Waals surface area contributed by atoms with Gasteiger partial charge in [-0.3, -0.25) is 9.20 Å². The number of likely N-dealkylation sites (tertiary alicyclic amines) is 1. The maximum absolute atomic E-state index is 14.4. The second kappa shape index (κ2) is 5.61. The molecule has 1 aliphatic heterocycles. The number of rotatable bonds is 1. The van der Waals surface area contributed by atoms with E-state index in [4.69, 9.17) is 17.3 Å². The Bertz CT molecular complexity index is 687. The van der Waals surface area contributed by atoms with E-state index in [-0.39, 0.29) is 11.7 Å². The van der Waals surface area contributed by atoms with Crippen LogP contribution in [0.15, 0.2) is 18.3 Å². The number of nitrogens with two attached hydrogens (primary N) is 1. The van der Waals surface area contributed by atoms with Crippen LogP contribution >= 0.6 is 11.6 Å². The lowest BCUT2D eigenvalue weighted by Gasteiger charge is -2.21. The summed E-state index contributed by atoms with van der Waals surface area (Å²) in [6.45, 7) is 1.02. The molecule has 21 heavy (non-hydrogen) atoms. The van der Waals surface area contributed by atoms with E-state index in [0.717, 1.165) is 19.3 Å². The third-order valence-corrected chi connectivity index (χ3v) is 3.95. The van der Waals surface area contributed by atoms with Crippen LogP contribution in [0.1, 0.15) is 29.8 Å². The SMILES string of the molecule is N[C@@H]1CCCCN(C(=O)c2nc3ccc(Cl)cn3c2F)C1. The Morgan fingerprint density at radius 2 is 2.24 bits per heavy atom. The molecule has 112 valence electrons. The number of amides is 1. The zero-order chi connectivity index (χ0) is 15.0. The summed E-state index contributed by atoms with van der Waals surface area (Å²) in [6.07, 6.45) is 4.14. The second-order valence-corrected chi connectivity index (χ2v) is 5.77. The second-order valence-electron chi connectivity index (χ2n) is 5.33. The first kappa shape index (κ1) is 14.3. The Morgan fingerprint density at radius 1 is 1.43 bits per heavy atom. The molecule has 0 unspecified atom stereocenters. The van der Waals surface area contributed by atoms with E-state index in [0.29, 0.717) is 23.8 Å². The van der Waals surface area contributed by atoms with Crippen molar-refractivity contribution in [2.24, 2.45) is 5.73 Å². The zero-order valence-electron chi connectivity index (χ0n) is 11.4. The molecule has 0 spiro atoms. The minimum atomic E-state index is -0.685. The first-order valence-electron chi connectivity index (χ1n) is 6.94. The smallest absolute Gasteiger partial charge is 0.277 e. The summed E-state index contributed by atoms with van der Waals surface area (Å²) in [5, 5.41) is 0.384. The fourth-order valence-corrected chi connectivity index (χ4v) is 2.80. The van der Waals surface area contributed by atoms with Crippen LogP contribution in [0.25, 0.3) is 5.65 Å². The van der Waals surface area contributed by atoms with Crippen molar-refractivity contribution in [3.63, 3.8) is 0 Å². The molecule has 0 aliphatic carbocycles. The van der Waals surface area contributed by atoms with E-state index < -0.39 is 11.9 Å². The van der Waals surface area contributed by atoms with Gasteiger partial charge in [0.1, 0.15) is 5.65 Å². The fourth-order valence-electron chi connectivity index (χ4n) is 2.64. The van der Waals surface area contributed by atoms with Gasteiger partial charge < -0.3 is 10.6 Å². The highest BCUT2D eigenvalue weighted by Gasteiger charge is 2.26. The quantitative estimate of drug-likeness (QED) is 0.877. The van der Waals surface area contributed by atoms with Gasteiger partial charge in [0.15, 0.2) is 5.69 Å². The number of aromatic nitrogens is 2. The molecule has 0 radical (unpaired) electrons. The minimum Gasteiger partial charge on any atom is -0.336 e. The number of carbonyl (C=O) groups is 1. The van der Waals surface area contributed by atoms with Crippen LogP contribution in [0.2, 0.25) is 5.02 Å². The van der Waals surface area contributed by atoms with Gasteiger partial charge in [0.05, 0.1) is 5.02 Å². The molecule has 1 fully saturated rings. The van der Waals surface area contributed by atoms with E-state index >= 15 is 0 Å². The lowest BCUT2D eigenvalue weighted by Crippen LogP contribution is -2.40. The van der Waals surface area contributed by atoms with Crippen LogP contribution in [0.5, 0.6) is 0 Å². The summed E-state index contributed by atoms with van der Waals surface area (Å²) in [5.41, 5.74) is 6.13. The van der Waals surface area contributed by atoms with Gasteiger partial charge >= 0.3 is 0 Å².